The first-order valence-electron chi connectivity index (χ1n) is 22.4. The van der Waals surface area contributed by atoms with E-state index in [2.05, 4.69) is 266 Å². The van der Waals surface area contributed by atoms with Crippen molar-refractivity contribution in [2.24, 2.45) is 0 Å². The summed E-state index contributed by atoms with van der Waals surface area (Å²) in [5.74, 6) is 0. The fraction of sp³-hybridized carbons (Fsp3) is 0. The highest BCUT2D eigenvalue weighted by Gasteiger charge is 2.18. The van der Waals surface area contributed by atoms with Crippen molar-refractivity contribution in [1.29, 1.82) is 0 Å². The Morgan fingerprint density at radius 3 is 1.49 bits per heavy atom. The first-order chi connectivity index (χ1) is 32.2. The van der Waals surface area contributed by atoms with Crippen molar-refractivity contribution in [2.75, 3.05) is 4.90 Å². The van der Waals surface area contributed by atoms with Gasteiger partial charge >= 0.3 is 0 Å². The van der Waals surface area contributed by atoms with Crippen molar-refractivity contribution in [3.63, 3.8) is 0 Å². The lowest BCUT2D eigenvalue weighted by molar-refractivity contribution is 1.28. The molecule has 0 N–H and O–H groups in total. The van der Waals surface area contributed by atoms with Crippen LogP contribution in [0, 0.1) is 0 Å². The van der Waals surface area contributed by atoms with E-state index in [4.69, 9.17) is 0 Å². The Labute approximate surface area is 379 Å². The lowest BCUT2D eigenvalue weighted by atomic mass is 9.91. The van der Waals surface area contributed by atoms with Gasteiger partial charge in [-0.1, -0.05) is 206 Å². The summed E-state index contributed by atoms with van der Waals surface area (Å²) < 4.78 is 0. The third kappa shape index (κ3) is 7.20. The second-order valence-electron chi connectivity index (χ2n) is 16.9. The fourth-order valence-electron chi connectivity index (χ4n) is 9.76. The highest BCUT2D eigenvalue weighted by atomic mass is 15.1. The zero-order chi connectivity index (χ0) is 43.1. The molecule has 12 rings (SSSR count). The predicted molar refractivity (Wildman–Crippen MR) is 278 cm³/mol. The summed E-state index contributed by atoms with van der Waals surface area (Å²) in [6.45, 7) is 0. The number of hydrogen-bond acceptors (Lipinski definition) is 1. The van der Waals surface area contributed by atoms with Crippen LogP contribution >= 0.6 is 0 Å². The maximum Gasteiger partial charge on any atom is 0.0473 e. The predicted octanol–water partition coefficient (Wildman–Crippen LogP) is 18.1. The summed E-state index contributed by atoms with van der Waals surface area (Å²) in [5.41, 5.74) is 15.1. The number of anilines is 3. The molecule has 0 heterocycles. The van der Waals surface area contributed by atoms with Crippen molar-refractivity contribution < 1.29 is 0 Å². The third-order valence-corrected chi connectivity index (χ3v) is 13.0. The first-order valence-corrected chi connectivity index (χ1v) is 22.4. The van der Waals surface area contributed by atoms with E-state index in [0.29, 0.717) is 0 Å². The molecular weight excluding hydrogens is 783 g/mol. The van der Waals surface area contributed by atoms with E-state index in [1.165, 1.54) is 82.0 Å². The van der Waals surface area contributed by atoms with Gasteiger partial charge in [0.05, 0.1) is 0 Å². The van der Waals surface area contributed by atoms with Crippen LogP contribution in [0.3, 0.4) is 0 Å². The molecule has 0 atom stereocenters. The van der Waals surface area contributed by atoms with Crippen LogP contribution in [0.4, 0.5) is 17.1 Å². The van der Waals surface area contributed by atoms with E-state index in [9.17, 15) is 0 Å². The van der Waals surface area contributed by atoms with Crippen LogP contribution in [0.1, 0.15) is 0 Å². The molecule has 0 spiro atoms. The molecule has 0 bridgehead atoms. The second-order valence-corrected chi connectivity index (χ2v) is 16.9. The highest BCUT2D eigenvalue weighted by Crippen LogP contribution is 2.43. The summed E-state index contributed by atoms with van der Waals surface area (Å²) in [4.78, 5) is 2.41. The maximum absolute atomic E-state index is 2.41. The lowest BCUT2D eigenvalue weighted by Gasteiger charge is -2.27. The van der Waals surface area contributed by atoms with Gasteiger partial charge in [0.25, 0.3) is 0 Å². The van der Waals surface area contributed by atoms with E-state index >= 15 is 0 Å². The quantitative estimate of drug-likeness (QED) is 0.138. The van der Waals surface area contributed by atoms with Crippen LogP contribution in [0.25, 0.3) is 98.7 Å². The summed E-state index contributed by atoms with van der Waals surface area (Å²) in [7, 11) is 0. The molecule has 0 aromatic heterocycles. The van der Waals surface area contributed by atoms with Gasteiger partial charge in [-0.15, -0.1) is 0 Å². The Kier molecular flexibility index (Phi) is 9.58. The Balaban J connectivity index is 1.02. The van der Waals surface area contributed by atoms with Crippen LogP contribution in [-0.2, 0) is 0 Å². The van der Waals surface area contributed by atoms with E-state index in [1.54, 1.807) is 0 Å². The molecular formula is C64H43N. The van der Waals surface area contributed by atoms with Crippen molar-refractivity contribution in [2.45, 2.75) is 0 Å². The van der Waals surface area contributed by atoms with E-state index in [-0.39, 0.29) is 0 Å². The minimum absolute atomic E-state index is 1.08. The van der Waals surface area contributed by atoms with Gasteiger partial charge in [-0.05, 0) is 153 Å². The summed E-state index contributed by atoms with van der Waals surface area (Å²) in [6.07, 6.45) is 0. The first kappa shape index (κ1) is 38.2. The molecule has 304 valence electrons. The SMILES string of the molecule is c1ccc(-c2cccc(N(c3ccc(-c4ccc5ccccc5c4)cc3)c3cc(-c4ccccc4)cc(-c4cccc(-c5cccc6c5ccc5ccc7ccccc7c56)c4)c3)c2)cc1. The van der Waals surface area contributed by atoms with E-state index in [1.807, 2.05) is 0 Å². The van der Waals surface area contributed by atoms with Gasteiger partial charge in [0.15, 0.2) is 0 Å². The Bertz CT molecular complexity index is 3700. The van der Waals surface area contributed by atoms with Crippen LogP contribution in [0.15, 0.2) is 261 Å². The standard InChI is InChI=1S/C64H43N/c1-3-14-44(15-4-1)52-22-12-24-58(41-52)65(57-35-32-47(33-36-57)53-31-28-46-18-7-8-20-50(46)38-53)59-42-55(45-16-5-2-6-17-45)40-56(43-59)51-21-11-23-54(39-51)60-26-13-27-63-62(60)37-34-49-30-29-48-19-9-10-25-61(48)64(49)63/h1-43H. The number of benzene rings is 12. The van der Waals surface area contributed by atoms with Gasteiger partial charge in [-0.2, -0.15) is 0 Å². The molecule has 0 aliphatic heterocycles. The van der Waals surface area contributed by atoms with Gasteiger partial charge in [0.1, 0.15) is 0 Å². The molecule has 12 aromatic carbocycles. The zero-order valence-electron chi connectivity index (χ0n) is 35.8. The molecule has 1 heteroatoms. The number of rotatable bonds is 8. The van der Waals surface area contributed by atoms with Crippen molar-refractivity contribution in [1.82, 2.24) is 0 Å². The Hall–Kier alpha value is -8.52. The third-order valence-electron chi connectivity index (χ3n) is 13.0. The van der Waals surface area contributed by atoms with Gasteiger partial charge < -0.3 is 4.90 Å². The number of nitrogens with zero attached hydrogens (tertiary/aromatic N) is 1. The van der Waals surface area contributed by atoms with E-state index in [0.717, 1.165) is 33.8 Å². The maximum atomic E-state index is 2.41. The van der Waals surface area contributed by atoms with Crippen molar-refractivity contribution >= 4 is 60.2 Å². The molecule has 0 radical (unpaired) electrons. The van der Waals surface area contributed by atoms with Crippen LogP contribution in [-0.4, -0.2) is 0 Å². The van der Waals surface area contributed by atoms with Crippen molar-refractivity contribution in [3.8, 4) is 55.6 Å². The van der Waals surface area contributed by atoms with Gasteiger partial charge in [0, 0.05) is 17.1 Å². The second kappa shape index (κ2) is 16.3. The number of fused-ring (bicyclic) bond motifs is 6. The largest absolute Gasteiger partial charge is 0.310 e. The van der Waals surface area contributed by atoms with E-state index < -0.39 is 0 Å². The minimum atomic E-state index is 1.08. The van der Waals surface area contributed by atoms with Crippen molar-refractivity contribution in [3.05, 3.63) is 261 Å². The van der Waals surface area contributed by atoms with Gasteiger partial charge in [-0.3, -0.25) is 0 Å². The molecule has 0 aliphatic carbocycles. The molecule has 0 saturated carbocycles. The van der Waals surface area contributed by atoms with Crippen LogP contribution in [0.2, 0.25) is 0 Å². The molecule has 0 amide bonds. The molecule has 0 unspecified atom stereocenters. The monoisotopic (exact) mass is 825 g/mol. The molecule has 1 nitrogen and oxygen atoms in total. The van der Waals surface area contributed by atoms with Crippen LogP contribution in [0.5, 0.6) is 0 Å². The zero-order valence-corrected chi connectivity index (χ0v) is 35.8. The fourth-order valence-corrected chi connectivity index (χ4v) is 9.76. The molecule has 0 aliphatic rings. The molecule has 12 aromatic rings. The number of hydrogen-bond donors (Lipinski definition) is 0. The van der Waals surface area contributed by atoms with Gasteiger partial charge in [-0.25, -0.2) is 0 Å². The summed E-state index contributed by atoms with van der Waals surface area (Å²) in [5, 5.41) is 10.1. The Morgan fingerprint density at radius 2 is 0.692 bits per heavy atom. The molecule has 0 fully saturated rings. The normalized spacial score (nSPS) is 11.4. The average molecular weight is 826 g/mol. The van der Waals surface area contributed by atoms with Gasteiger partial charge in [0.2, 0.25) is 0 Å². The summed E-state index contributed by atoms with van der Waals surface area (Å²) in [6, 6.07) is 95.4. The summed E-state index contributed by atoms with van der Waals surface area (Å²) >= 11 is 0. The average Bonchev–Trinajstić information content (AvgIpc) is 3.39. The minimum Gasteiger partial charge on any atom is -0.310 e. The smallest absolute Gasteiger partial charge is 0.0473 e. The molecule has 65 heavy (non-hydrogen) atoms. The van der Waals surface area contributed by atoms with Crippen LogP contribution < -0.4 is 4.90 Å². The Morgan fingerprint density at radius 1 is 0.200 bits per heavy atom. The molecule has 0 saturated heterocycles. The highest BCUT2D eigenvalue weighted by molar-refractivity contribution is 6.22. The topological polar surface area (TPSA) is 3.24 Å². The lowest BCUT2D eigenvalue weighted by Crippen LogP contribution is -2.10.